The van der Waals surface area contributed by atoms with Gasteiger partial charge in [-0.1, -0.05) is 30.3 Å². The summed E-state index contributed by atoms with van der Waals surface area (Å²) in [7, 11) is -3.68. The number of benzene rings is 3. The molecule has 0 unspecified atom stereocenters. The van der Waals surface area contributed by atoms with E-state index in [-0.39, 0.29) is 11.7 Å². The van der Waals surface area contributed by atoms with E-state index in [1.807, 2.05) is 54.6 Å². The van der Waals surface area contributed by atoms with Gasteiger partial charge >= 0.3 is 0 Å². The number of anilines is 2. The number of carbonyl (C=O) groups excluding carboxylic acids is 2. The largest absolute Gasteiger partial charge is 0.368 e. The minimum absolute atomic E-state index is 0.0365. The smallest absolute Gasteiger partial charge is 0.255 e. The zero-order valence-electron chi connectivity index (χ0n) is 19.4. The number of amides is 1. The highest BCUT2D eigenvalue weighted by Gasteiger charge is 2.22. The molecule has 1 aliphatic rings. The van der Waals surface area contributed by atoms with Gasteiger partial charge in [-0.05, 0) is 67.1 Å². The van der Waals surface area contributed by atoms with Crippen LogP contribution in [-0.4, -0.2) is 51.2 Å². The van der Waals surface area contributed by atoms with Crippen LogP contribution in [0.3, 0.4) is 0 Å². The summed E-state index contributed by atoms with van der Waals surface area (Å²) in [5, 5.41) is 1.12. The number of rotatable bonds is 7. The van der Waals surface area contributed by atoms with Crippen molar-refractivity contribution in [1.82, 2.24) is 4.90 Å². The van der Waals surface area contributed by atoms with Gasteiger partial charge < -0.3 is 9.80 Å². The molecule has 0 radical (unpaired) electrons. The Labute approximate surface area is 205 Å². The second-order valence-electron chi connectivity index (χ2n) is 8.32. The van der Waals surface area contributed by atoms with E-state index in [0.29, 0.717) is 43.0 Å². The van der Waals surface area contributed by atoms with Crippen molar-refractivity contribution < 1.29 is 18.0 Å². The summed E-state index contributed by atoms with van der Waals surface area (Å²) in [5.74, 6) is -0.0515. The zero-order chi connectivity index (χ0) is 24.8. The summed E-state index contributed by atoms with van der Waals surface area (Å²) in [4.78, 5) is 28.4. The maximum atomic E-state index is 12.9. The van der Waals surface area contributed by atoms with Crippen LogP contribution in [0, 0.1) is 0 Å². The molecular weight excluding hydrogens is 462 g/mol. The van der Waals surface area contributed by atoms with Gasteiger partial charge in [0.2, 0.25) is 0 Å². The van der Waals surface area contributed by atoms with Gasteiger partial charge in [-0.15, -0.1) is 0 Å². The fraction of sp³-hybridized carbons (Fsp3) is 0.185. The second-order valence-corrected chi connectivity index (χ2v) is 9.89. The van der Waals surface area contributed by atoms with Gasteiger partial charge in [0.1, 0.15) is 0 Å². The van der Waals surface area contributed by atoms with Crippen molar-refractivity contribution in [1.29, 1.82) is 0 Å². The zero-order valence-corrected chi connectivity index (χ0v) is 20.2. The minimum atomic E-state index is -3.68. The van der Waals surface area contributed by atoms with Gasteiger partial charge in [0.05, 0.1) is 5.41 Å². The average molecular weight is 490 g/mol. The lowest BCUT2D eigenvalue weighted by molar-refractivity contribution is 0.0746. The normalized spacial score (nSPS) is 14.2. The quantitative estimate of drug-likeness (QED) is 0.501. The lowest BCUT2D eigenvalue weighted by Gasteiger charge is -2.36. The third-order valence-corrected chi connectivity index (χ3v) is 6.85. The molecule has 0 bridgehead atoms. The summed E-state index contributed by atoms with van der Waals surface area (Å²) in [5.41, 5.74) is 3.39. The van der Waals surface area contributed by atoms with Gasteiger partial charge in [-0.2, -0.15) is 0 Å². The number of nitrogens with zero attached hydrogens (tertiary/aromatic N) is 2. The summed E-state index contributed by atoms with van der Waals surface area (Å²) in [6.45, 7) is 4.08. The SMILES string of the molecule is CC(=O)c1ccc(N2CCN(C(=O)c3ccc(NS(=O)(=O)/C=C/c4ccccc4)cc3)CC2)cc1. The highest BCUT2D eigenvalue weighted by molar-refractivity contribution is 7.95. The minimum Gasteiger partial charge on any atom is -0.368 e. The molecule has 1 saturated heterocycles. The van der Waals surface area contributed by atoms with Crippen LogP contribution in [0.2, 0.25) is 0 Å². The number of nitrogens with one attached hydrogen (secondary N) is 1. The Hall–Kier alpha value is -3.91. The molecule has 8 heteroatoms. The van der Waals surface area contributed by atoms with Crippen LogP contribution in [0.5, 0.6) is 0 Å². The molecule has 4 rings (SSSR count). The van der Waals surface area contributed by atoms with Crippen LogP contribution in [0.25, 0.3) is 6.08 Å². The lowest BCUT2D eigenvalue weighted by atomic mass is 10.1. The van der Waals surface area contributed by atoms with Gasteiger partial charge in [0, 0.05) is 48.7 Å². The van der Waals surface area contributed by atoms with Crippen LogP contribution in [0.4, 0.5) is 11.4 Å². The molecule has 0 aromatic heterocycles. The van der Waals surface area contributed by atoms with Gasteiger partial charge in [0.25, 0.3) is 15.9 Å². The fourth-order valence-corrected chi connectivity index (χ4v) is 4.74. The number of hydrogen-bond donors (Lipinski definition) is 1. The van der Waals surface area contributed by atoms with E-state index in [1.165, 1.54) is 6.08 Å². The standard InChI is InChI=1S/C27H27N3O4S/c1-21(31)23-9-13-26(14-10-23)29-16-18-30(19-17-29)27(32)24-7-11-25(12-8-24)28-35(33,34)20-15-22-5-3-2-4-6-22/h2-15,20,28H,16-19H2,1H3/b20-15+. The van der Waals surface area contributed by atoms with E-state index >= 15 is 0 Å². The number of carbonyl (C=O) groups is 2. The summed E-state index contributed by atoms with van der Waals surface area (Å²) < 4.78 is 27.2. The molecule has 1 amide bonds. The summed E-state index contributed by atoms with van der Waals surface area (Å²) >= 11 is 0. The van der Waals surface area contributed by atoms with Crippen molar-refractivity contribution >= 4 is 39.2 Å². The summed E-state index contributed by atoms with van der Waals surface area (Å²) in [6, 6.07) is 23.1. The van der Waals surface area contributed by atoms with E-state index in [1.54, 1.807) is 36.1 Å². The third kappa shape index (κ3) is 6.36. The Morgan fingerprint density at radius 1 is 0.800 bits per heavy atom. The van der Waals surface area contributed by atoms with Crippen molar-refractivity contribution in [2.24, 2.45) is 0 Å². The lowest BCUT2D eigenvalue weighted by Crippen LogP contribution is -2.48. The monoisotopic (exact) mass is 489 g/mol. The molecule has 1 N–H and O–H groups in total. The van der Waals surface area contributed by atoms with Crippen molar-refractivity contribution in [3.05, 3.63) is 101 Å². The number of ketones is 1. The van der Waals surface area contributed by atoms with Crippen molar-refractivity contribution in [2.75, 3.05) is 35.8 Å². The Morgan fingerprint density at radius 2 is 1.40 bits per heavy atom. The van der Waals surface area contributed by atoms with Gasteiger partial charge in [0.15, 0.2) is 5.78 Å². The number of Topliss-reactive ketones (excluding diaryl/α,β-unsaturated/α-hetero) is 1. The molecular formula is C27H27N3O4S. The van der Waals surface area contributed by atoms with Crippen molar-refractivity contribution in [3.63, 3.8) is 0 Å². The molecule has 3 aromatic carbocycles. The van der Waals surface area contributed by atoms with Crippen molar-refractivity contribution in [3.8, 4) is 0 Å². The molecule has 1 aliphatic heterocycles. The van der Waals surface area contributed by atoms with Crippen LogP contribution < -0.4 is 9.62 Å². The number of piperazine rings is 1. The number of sulfonamides is 1. The predicted molar refractivity (Wildman–Crippen MR) is 139 cm³/mol. The maximum absolute atomic E-state index is 12.9. The van der Waals surface area contributed by atoms with Crippen LogP contribution in [0.15, 0.2) is 84.3 Å². The fourth-order valence-electron chi connectivity index (χ4n) is 3.87. The molecule has 3 aromatic rings. The Morgan fingerprint density at radius 3 is 2.00 bits per heavy atom. The average Bonchev–Trinajstić information content (AvgIpc) is 2.88. The molecule has 180 valence electrons. The van der Waals surface area contributed by atoms with Crippen molar-refractivity contribution in [2.45, 2.75) is 6.92 Å². The van der Waals surface area contributed by atoms with Gasteiger partial charge in [-0.25, -0.2) is 8.42 Å². The molecule has 1 heterocycles. The predicted octanol–water partition coefficient (Wildman–Crippen LogP) is 4.26. The maximum Gasteiger partial charge on any atom is 0.255 e. The molecule has 0 spiro atoms. The highest BCUT2D eigenvalue weighted by Crippen LogP contribution is 2.20. The first-order chi connectivity index (χ1) is 16.8. The first kappa shape index (κ1) is 24.2. The van der Waals surface area contributed by atoms with E-state index < -0.39 is 10.0 Å². The van der Waals surface area contributed by atoms with E-state index in [4.69, 9.17) is 0 Å². The summed E-state index contributed by atoms with van der Waals surface area (Å²) in [6.07, 6.45) is 1.53. The Bertz CT molecular complexity index is 1310. The highest BCUT2D eigenvalue weighted by atomic mass is 32.2. The first-order valence-electron chi connectivity index (χ1n) is 11.3. The molecule has 35 heavy (non-hydrogen) atoms. The Balaban J connectivity index is 1.32. The number of hydrogen-bond acceptors (Lipinski definition) is 5. The molecule has 0 atom stereocenters. The topological polar surface area (TPSA) is 86.8 Å². The molecule has 0 aliphatic carbocycles. The Kier molecular flexibility index (Phi) is 7.31. The van der Waals surface area contributed by atoms with E-state index in [0.717, 1.165) is 16.7 Å². The van der Waals surface area contributed by atoms with E-state index in [2.05, 4.69) is 9.62 Å². The second kappa shape index (κ2) is 10.6. The van der Waals surface area contributed by atoms with Crippen LogP contribution >= 0.6 is 0 Å². The van der Waals surface area contributed by atoms with E-state index in [9.17, 15) is 18.0 Å². The first-order valence-corrected chi connectivity index (χ1v) is 12.9. The van der Waals surface area contributed by atoms with Crippen LogP contribution in [0.1, 0.15) is 33.2 Å². The molecule has 1 fully saturated rings. The molecule has 7 nitrogen and oxygen atoms in total. The third-order valence-electron chi connectivity index (χ3n) is 5.84. The van der Waals surface area contributed by atoms with Gasteiger partial charge in [-0.3, -0.25) is 14.3 Å². The van der Waals surface area contributed by atoms with Crippen LogP contribution in [-0.2, 0) is 10.0 Å². The molecule has 0 saturated carbocycles.